The van der Waals surface area contributed by atoms with E-state index in [-0.39, 0.29) is 5.91 Å². The summed E-state index contributed by atoms with van der Waals surface area (Å²) in [5.74, 6) is 0.848. The van der Waals surface area contributed by atoms with E-state index in [2.05, 4.69) is 16.4 Å². The number of carbonyl (C=O) groups excluding carboxylic acids is 1. The second-order valence-electron chi connectivity index (χ2n) is 5.66. The number of nitrogens with one attached hydrogen (secondary N) is 1. The van der Waals surface area contributed by atoms with Crippen molar-refractivity contribution in [2.45, 2.75) is 19.4 Å². The summed E-state index contributed by atoms with van der Waals surface area (Å²) in [4.78, 5) is 16.5. The van der Waals surface area contributed by atoms with Gasteiger partial charge in [0.05, 0.1) is 12.6 Å². The second-order valence-corrected chi connectivity index (χ2v) is 5.66. The van der Waals surface area contributed by atoms with Gasteiger partial charge in [0.25, 0.3) is 0 Å². The van der Waals surface area contributed by atoms with Crippen molar-refractivity contribution in [1.29, 1.82) is 0 Å². The number of benzene rings is 2. The van der Waals surface area contributed by atoms with E-state index in [0.717, 1.165) is 27.8 Å². The number of rotatable bonds is 6. The van der Waals surface area contributed by atoms with Gasteiger partial charge in [0.1, 0.15) is 5.75 Å². The molecule has 1 heterocycles. The molecule has 0 atom stereocenters. The molecule has 24 heavy (non-hydrogen) atoms. The first-order valence-electron chi connectivity index (χ1n) is 7.98. The number of amides is 1. The van der Waals surface area contributed by atoms with Crippen LogP contribution in [-0.4, -0.2) is 18.0 Å². The Kier molecular flexibility index (Phi) is 5.06. The molecule has 0 saturated heterocycles. The van der Waals surface area contributed by atoms with Crippen LogP contribution in [0.5, 0.6) is 5.75 Å². The van der Waals surface area contributed by atoms with Gasteiger partial charge in [-0.05, 0) is 41.8 Å². The third-order valence-electron chi connectivity index (χ3n) is 3.91. The first-order valence-corrected chi connectivity index (χ1v) is 7.98. The number of pyridine rings is 1. The molecule has 122 valence electrons. The third kappa shape index (κ3) is 4.10. The first-order chi connectivity index (χ1) is 11.7. The van der Waals surface area contributed by atoms with Crippen LogP contribution in [0.15, 0.2) is 60.8 Å². The standard InChI is InChI=1S/C20H20N2O2/c1-24-18-7-4-5-15(12-18)9-10-20(23)22-14-16-11-17-6-2-3-8-19(17)21-13-16/h2-8,11-13H,9-10,14H2,1H3,(H,22,23). The Bertz CT molecular complexity index is 846. The highest BCUT2D eigenvalue weighted by atomic mass is 16.5. The first kappa shape index (κ1) is 16.0. The fraction of sp³-hybridized carbons (Fsp3) is 0.200. The molecule has 0 aliphatic heterocycles. The van der Waals surface area contributed by atoms with Crippen molar-refractivity contribution >= 4 is 16.8 Å². The zero-order chi connectivity index (χ0) is 16.8. The number of hydrogen-bond acceptors (Lipinski definition) is 3. The molecule has 0 bridgehead atoms. The summed E-state index contributed by atoms with van der Waals surface area (Å²) in [6.07, 6.45) is 2.96. The number of methoxy groups -OCH3 is 1. The van der Waals surface area contributed by atoms with Crippen LogP contribution in [0.1, 0.15) is 17.5 Å². The van der Waals surface area contributed by atoms with Crippen LogP contribution < -0.4 is 10.1 Å². The highest BCUT2D eigenvalue weighted by Crippen LogP contribution is 2.14. The largest absolute Gasteiger partial charge is 0.497 e. The number of ether oxygens (including phenoxy) is 1. The summed E-state index contributed by atoms with van der Waals surface area (Å²) in [7, 11) is 1.64. The Hall–Kier alpha value is -2.88. The van der Waals surface area contributed by atoms with E-state index < -0.39 is 0 Å². The average molecular weight is 320 g/mol. The highest BCUT2D eigenvalue weighted by Gasteiger charge is 2.04. The number of fused-ring (bicyclic) bond motifs is 1. The van der Waals surface area contributed by atoms with E-state index in [1.54, 1.807) is 7.11 Å². The smallest absolute Gasteiger partial charge is 0.220 e. The molecule has 0 radical (unpaired) electrons. The van der Waals surface area contributed by atoms with E-state index in [1.807, 2.05) is 54.7 Å². The molecule has 1 amide bonds. The monoisotopic (exact) mass is 320 g/mol. The maximum Gasteiger partial charge on any atom is 0.220 e. The number of hydrogen-bond donors (Lipinski definition) is 1. The van der Waals surface area contributed by atoms with Gasteiger partial charge in [0, 0.05) is 24.5 Å². The summed E-state index contributed by atoms with van der Waals surface area (Å²) < 4.78 is 5.19. The predicted molar refractivity (Wildman–Crippen MR) is 94.9 cm³/mol. The summed E-state index contributed by atoms with van der Waals surface area (Å²) in [5.41, 5.74) is 3.06. The summed E-state index contributed by atoms with van der Waals surface area (Å²) in [5, 5.41) is 4.04. The molecule has 1 N–H and O–H groups in total. The third-order valence-corrected chi connectivity index (χ3v) is 3.91. The zero-order valence-electron chi connectivity index (χ0n) is 13.7. The molecule has 4 heteroatoms. The molecule has 0 aliphatic rings. The van der Waals surface area contributed by atoms with Gasteiger partial charge in [0.2, 0.25) is 5.91 Å². The van der Waals surface area contributed by atoms with Crippen molar-refractivity contribution in [2.24, 2.45) is 0 Å². The van der Waals surface area contributed by atoms with Gasteiger partial charge in [-0.15, -0.1) is 0 Å². The van der Waals surface area contributed by atoms with Gasteiger partial charge in [-0.1, -0.05) is 30.3 Å². The van der Waals surface area contributed by atoms with Crippen LogP contribution in [0.4, 0.5) is 0 Å². The highest BCUT2D eigenvalue weighted by molar-refractivity contribution is 5.79. The van der Waals surface area contributed by atoms with Crippen LogP contribution in [0.3, 0.4) is 0 Å². The Morgan fingerprint density at radius 3 is 2.83 bits per heavy atom. The number of para-hydroxylation sites is 1. The van der Waals surface area contributed by atoms with Crippen molar-refractivity contribution in [3.63, 3.8) is 0 Å². The van der Waals surface area contributed by atoms with Crippen LogP contribution in [-0.2, 0) is 17.8 Å². The van der Waals surface area contributed by atoms with Crippen molar-refractivity contribution in [3.05, 3.63) is 71.9 Å². The predicted octanol–water partition coefficient (Wildman–Crippen LogP) is 3.49. The van der Waals surface area contributed by atoms with Gasteiger partial charge in [0.15, 0.2) is 0 Å². The van der Waals surface area contributed by atoms with E-state index in [1.165, 1.54) is 0 Å². The fourth-order valence-electron chi connectivity index (χ4n) is 2.59. The molecule has 0 aliphatic carbocycles. The van der Waals surface area contributed by atoms with Crippen molar-refractivity contribution in [1.82, 2.24) is 10.3 Å². The van der Waals surface area contributed by atoms with Gasteiger partial charge >= 0.3 is 0 Å². The molecule has 0 saturated carbocycles. The SMILES string of the molecule is COc1cccc(CCC(=O)NCc2cnc3ccccc3c2)c1. The Morgan fingerprint density at radius 1 is 1.08 bits per heavy atom. The lowest BCUT2D eigenvalue weighted by Gasteiger charge is -2.07. The second kappa shape index (κ2) is 7.59. The molecular weight excluding hydrogens is 300 g/mol. The molecular formula is C20H20N2O2. The van der Waals surface area contributed by atoms with E-state index >= 15 is 0 Å². The average Bonchev–Trinajstić information content (AvgIpc) is 2.64. The summed E-state index contributed by atoms with van der Waals surface area (Å²) in [6.45, 7) is 0.495. The van der Waals surface area contributed by atoms with Crippen LogP contribution in [0.2, 0.25) is 0 Å². The maximum atomic E-state index is 12.0. The van der Waals surface area contributed by atoms with Gasteiger partial charge in [-0.25, -0.2) is 0 Å². The van der Waals surface area contributed by atoms with Crippen LogP contribution in [0.25, 0.3) is 10.9 Å². The van der Waals surface area contributed by atoms with Crippen molar-refractivity contribution < 1.29 is 9.53 Å². The minimum atomic E-state index is 0.0333. The van der Waals surface area contributed by atoms with Crippen LogP contribution >= 0.6 is 0 Å². The molecule has 4 nitrogen and oxygen atoms in total. The van der Waals surface area contributed by atoms with Crippen molar-refractivity contribution in [3.8, 4) is 5.75 Å². The molecule has 0 spiro atoms. The molecule has 1 aromatic heterocycles. The van der Waals surface area contributed by atoms with Crippen LogP contribution in [0, 0.1) is 0 Å². The normalized spacial score (nSPS) is 10.5. The number of aryl methyl sites for hydroxylation is 1. The molecule has 0 unspecified atom stereocenters. The van der Waals surface area contributed by atoms with Crippen molar-refractivity contribution in [2.75, 3.05) is 7.11 Å². The van der Waals surface area contributed by atoms with Gasteiger partial charge < -0.3 is 10.1 Å². The minimum Gasteiger partial charge on any atom is -0.497 e. The fourth-order valence-corrected chi connectivity index (χ4v) is 2.59. The lowest BCUT2D eigenvalue weighted by molar-refractivity contribution is -0.121. The molecule has 0 fully saturated rings. The quantitative estimate of drug-likeness (QED) is 0.756. The van der Waals surface area contributed by atoms with Gasteiger partial charge in [-0.2, -0.15) is 0 Å². The Balaban J connectivity index is 1.52. The summed E-state index contributed by atoms with van der Waals surface area (Å²) >= 11 is 0. The molecule has 2 aromatic carbocycles. The van der Waals surface area contributed by atoms with E-state index in [9.17, 15) is 4.79 Å². The lowest BCUT2D eigenvalue weighted by atomic mass is 10.1. The van der Waals surface area contributed by atoms with E-state index in [4.69, 9.17) is 4.74 Å². The summed E-state index contributed by atoms with van der Waals surface area (Å²) in [6, 6.07) is 17.8. The topological polar surface area (TPSA) is 51.2 Å². The zero-order valence-corrected chi connectivity index (χ0v) is 13.7. The van der Waals surface area contributed by atoms with Gasteiger partial charge in [-0.3, -0.25) is 9.78 Å². The molecule has 3 aromatic rings. The number of aromatic nitrogens is 1. The van der Waals surface area contributed by atoms with E-state index in [0.29, 0.717) is 19.4 Å². The molecule has 3 rings (SSSR count). The minimum absolute atomic E-state index is 0.0333. The maximum absolute atomic E-state index is 12.0. The number of nitrogens with zero attached hydrogens (tertiary/aromatic N) is 1. The Labute approximate surface area is 141 Å². The Morgan fingerprint density at radius 2 is 1.96 bits per heavy atom. The lowest BCUT2D eigenvalue weighted by Crippen LogP contribution is -2.23. The number of carbonyl (C=O) groups is 1.